The molecule has 1 aromatic rings. The molecule has 0 saturated carbocycles. The zero-order valence-corrected chi connectivity index (χ0v) is 15.5. The third-order valence-electron chi connectivity index (χ3n) is 3.91. The first-order chi connectivity index (χ1) is 11.7. The van der Waals surface area contributed by atoms with E-state index in [-0.39, 0.29) is 17.7 Å². The Labute approximate surface area is 152 Å². The van der Waals surface area contributed by atoms with Gasteiger partial charge in [-0.1, -0.05) is 11.6 Å². The van der Waals surface area contributed by atoms with Gasteiger partial charge in [0, 0.05) is 30.7 Å². The second-order valence-electron chi connectivity index (χ2n) is 7.23. The molecule has 1 atom stereocenters. The molecule has 1 amide bonds. The van der Waals surface area contributed by atoms with E-state index < -0.39 is 10.5 Å². The average molecular weight is 370 g/mol. The molecule has 138 valence electrons. The number of likely N-dealkylation sites (tertiary alicyclic amines) is 1. The summed E-state index contributed by atoms with van der Waals surface area (Å²) in [5, 5.41) is 14.7. The molecule has 1 saturated heterocycles. The van der Waals surface area contributed by atoms with Crippen molar-refractivity contribution in [1.82, 2.24) is 4.90 Å². The van der Waals surface area contributed by atoms with Crippen LogP contribution in [0.2, 0.25) is 5.02 Å². The fraction of sp³-hybridized carbons (Fsp3) is 0.588. The van der Waals surface area contributed by atoms with Crippen LogP contribution >= 0.6 is 11.6 Å². The van der Waals surface area contributed by atoms with Crippen molar-refractivity contribution in [1.29, 1.82) is 0 Å². The minimum absolute atomic E-state index is 0.00999. The Balaban J connectivity index is 1.96. The van der Waals surface area contributed by atoms with Crippen molar-refractivity contribution < 1.29 is 14.5 Å². The first kappa shape index (κ1) is 19.3. The largest absolute Gasteiger partial charge is 0.444 e. The molecule has 25 heavy (non-hydrogen) atoms. The van der Waals surface area contributed by atoms with Crippen LogP contribution in [0.1, 0.15) is 33.6 Å². The Morgan fingerprint density at radius 1 is 1.48 bits per heavy atom. The number of anilines is 1. The number of halogens is 1. The number of nitro benzene ring substituents is 1. The van der Waals surface area contributed by atoms with Crippen molar-refractivity contribution in [2.24, 2.45) is 5.92 Å². The van der Waals surface area contributed by atoms with Gasteiger partial charge in [-0.3, -0.25) is 10.1 Å². The lowest BCUT2D eigenvalue weighted by Crippen LogP contribution is -2.44. The van der Waals surface area contributed by atoms with Gasteiger partial charge < -0.3 is 15.0 Å². The van der Waals surface area contributed by atoms with Crippen molar-refractivity contribution in [2.45, 2.75) is 39.2 Å². The quantitative estimate of drug-likeness (QED) is 0.631. The highest BCUT2D eigenvalue weighted by Gasteiger charge is 2.28. The number of hydrogen-bond donors (Lipinski definition) is 1. The molecule has 8 heteroatoms. The Morgan fingerprint density at radius 2 is 2.20 bits per heavy atom. The van der Waals surface area contributed by atoms with Gasteiger partial charge in [0.15, 0.2) is 0 Å². The van der Waals surface area contributed by atoms with E-state index in [2.05, 4.69) is 5.32 Å². The van der Waals surface area contributed by atoms with Crippen LogP contribution in [-0.2, 0) is 4.74 Å². The number of nitro groups is 1. The molecule has 1 fully saturated rings. The summed E-state index contributed by atoms with van der Waals surface area (Å²) in [5.74, 6) is 0.194. The lowest BCUT2D eigenvalue weighted by Gasteiger charge is -2.34. The fourth-order valence-electron chi connectivity index (χ4n) is 2.79. The molecule has 1 aliphatic rings. The Bertz CT molecular complexity index is 645. The lowest BCUT2D eigenvalue weighted by molar-refractivity contribution is -0.384. The zero-order valence-electron chi connectivity index (χ0n) is 14.8. The number of ether oxygens (including phenoxy) is 1. The third kappa shape index (κ3) is 5.77. The van der Waals surface area contributed by atoms with Crippen molar-refractivity contribution in [2.75, 3.05) is 25.0 Å². The van der Waals surface area contributed by atoms with Crippen molar-refractivity contribution in [3.63, 3.8) is 0 Å². The van der Waals surface area contributed by atoms with E-state index in [0.29, 0.717) is 30.3 Å². The van der Waals surface area contributed by atoms with Gasteiger partial charge in [0.2, 0.25) is 0 Å². The highest BCUT2D eigenvalue weighted by molar-refractivity contribution is 6.31. The maximum atomic E-state index is 12.2. The van der Waals surface area contributed by atoms with E-state index in [4.69, 9.17) is 16.3 Å². The van der Waals surface area contributed by atoms with E-state index >= 15 is 0 Å². The maximum absolute atomic E-state index is 12.2. The molecule has 1 aromatic carbocycles. The van der Waals surface area contributed by atoms with E-state index in [1.165, 1.54) is 12.1 Å². The molecule has 0 radical (unpaired) electrons. The fourth-order valence-corrected chi connectivity index (χ4v) is 2.96. The van der Waals surface area contributed by atoms with Crippen molar-refractivity contribution in [3.05, 3.63) is 33.3 Å². The van der Waals surface area contributed by atoms with E-state index in [1.54, 1.807) is 11.0 Å². The van der Waals surface area contributed by atoms with Gasteiger partial charge in [-0.25, -0.2) is 4.79 Å². The highest BCUT2D eigenvalue weighted by atomic mass is 35.5. The number of benzene rings is 1. The highest BCUT2D eigenvalue weighted by Crippen LogP contribution is 2.28. The number of nitrogens with one attached hydrogen (secondary N) is 1. The third-order valence-corrected chi connectivity index (χ3v) is 4.14. The number of amides is 1. The molecular weight excluding hydrogens is 346 g/mol. The van der Waals surface area contributed by atoms with Gasteiger partial charge in [0.1, 0.15) is 11.3 Å². The molecule has 0 bridgehead atoms. The molecule has 7 nitrogen and oxygen atoms in total. The number of carbonyl (C=O) groups is 1. The predicted octanol–water partition coefficient (Wildman–Crippen LogP) is 4.31. The number of rotatable bonds is 4. The van der Waals surface area contributed by atoms with E-state index in [0.717, 1.165) is 12.8 Å². The summed E-state index contributed by atoms with van der Waals surface area (Å²) >= 11 is 5.94. The van der Waals surface area contributed by atoms with Crippen molar-refractivity contribution >= 4 is 29.1 Å². The summed E-state index contributed by atoms with van der Waals surface area (Å²) in [7, 11) is 0. The molecule has 0 spiro atoms. The summed E-state index contributed by atoms with van der Waals surface area (Å²) in [4.78, 5) is 24.6. The number of nitrogens with zero attached hydrogens (tertiary/aromatic N) is 2. The van der Waals surface area contributed by atoms with Gasteiger partial charge in [-0.05, 0) is 51.7 Å². The van der Waals surface area contributed by atoms with Crippen LogP contribution in [0.15, 0.2) is 18.2 Å². The van der Waals surface area contributed by atoms with Crippen LogP contribution in [0.4, 0.5) is 16.2 Å². The topological polar surface area (TPSA) is 84.7 Å². The summed E-state index contributed by atoms with van der Waals surface area (Å²) in [6.07, 6.45) is 1.51. The molecule has 0 aromatic heterocycles. The molecule has 1 N–H and O–H groups in total. The van der Waals surface area contributed by atoms with Crippen LogP contribution < -0.4 is 5.32 Å². The molecule has 0 aliphatic carbocycles. The smallest absolute Gasteiger partial charge is 0.410 e. The Kier molecular flexibility index (Phi) is 6.11. The van der Waals surface area contributed by atoms with Crippen LogP contribution in [0.5, 0.6) is 0 Å². The molecule has 1 aliphatic heterocycles. The van der Waals surface area contributed by atoms with Gasteiger partial charge in [0.05, 0.1) is 4.92 Å². The van der Waals surface area contributed by atoms with E-state index in [9.17, 15) is 14.9 Å². The van der Waals surface area contributed by atoms with Crippen LogP contribution in [0, 0.1) is 16.0 Å². The predicted molar refractivity (Wildman–Crippen MR) is 97.1 cm³/mol. The second-order valence-corrected chi connectivity index (χ2v) is 7.67. The summed E-state index contributed by atoms with van der Waals surface area (Å²) in [5.41, 5.74) is -0.139. The van der Waals surface area contributed by atoms with Gasteiger partial charge >= 0.3 is 6.09 Å². The first-order valence-electron chi connectivity index (χ1n) is 8.31. The molecule has 1 heterocycles. The normalized spacial score (nSPS) is 17.9. The number of carbonyl (C=O) groups excluding carboxylic acids is 1. The van der Waals surface area contributed by atoms with Crippen LogP contribution in [0.25, 0.3) is 0 Å². The van der Waals surface area contributed by atoms with Gasteiger partial charge in [-0.2, -0.15) is 0 Å². The Hall–Kier alpha value is -2.02. The zero-order chi connectivity index (χ0) is 18.6. The van der Waals surface area contributed by atoms with Gasteiger partial charge in [-0.15, -0.1) is 0 Å². The first-order valence-corrected chi connectivity index (χ1v) is 8.69. The minimum Gasteiger partial charge on any atom is -0.444 e. The molecule has 1 unspecified atom stereocenters. The molecule has 2 rings (SSSR count). The monoisotopic (exact) mass is 369 g/mol. The number of piperidine rings is 1. The van der Waals surface area contributed by atoms with Crippen molar-refractivity contribution in [3.8, 4) is 0 Å². The maximum Gasteiger partial charge on any atom is 0.410 e. The number of hydrogen-bond acceptors (Lipinski definition) is 5. The molecular formula is C17H24ClN3O4. The Morgan fingerprint density at radius 3 is 2.84 bits per heavy atom. The summed E-state index contributed by atoms with van der Waals surface area (Å²) < 4.78 is 5.41. The minimum atomic E-state index is -0.524. The van der Waals surface area contributed by atoms with Gasteiger partial charge in [0.25, 0.3) is 5.69 Å². The van der Waals surface area contributed by atoms with Crippen LogP contribution in [-0.4, -0.2) is 41.2 Å². The second kappa shape index (κ2) is 7.91. The lowest BCUT2D eigenvalue weighted by atomic mass is 9.98. The SMILES string of the molecule is CC(C)(C)OC(=O)N1CCCC(CNc2cc(Cl)ccc2[N+](=O)[O-])C1. The van der Waals surface area contributed by atoms with E-state index in [1.807, 2.05) is 20.8 Å². The standard InChI is InChI=1S/C17H24ClN3O4/c1-17(2,3)25-16(22)20-8-4-5-12(11-20)10-19-14-9-13(18)6-7-15(14)21(23)24/h6-7,9,12,19H,4-5,8,10-11H2,1-3H3. The summed E-state index contributed by atoms with van der Waals surface area (Å²) in [6.45, 7) is 7.28. The summed E-state index contributed by atoms with van der Waals surface area (Å²) in [6, 6.07) is 4.43. The van der Waals surface area contributed by atoms with Crippen LogP contribution in [0.3, 0.4) is 0 Å². The average Bonchev–Trinajstić information content (AvgIpc) is 2.51.